The van der Waals surface area contributed by atoms with Gasteiger partial charge in [0.25, 0.3) is 0 Å². The van der Waals surface area contributed by atoms with Crippen molar-refractivity contribution < 1.29 is 4.79 Å². The highest BCUT2D eigenvalue weighted by molar-refractivity contribution is 6.31. The highest BCUT2D eigenvalue weighted by Crippen LogP contribution is 2.32. The molecule has 6 heteroatoms. The fourth-order valence-electron chi connectivity index (χ4n) is 2.89. The van der Waals surface area contributed by atoms with Gasteiger partial charge in [-0.15, -0.1) is 23.2 Å². The van der Waals surface area contributed by atoms with Crippen molar-refractivity contribution in [3.05, 3.63) is 0 Å². The van der Waals surface area contributed by atoms with Crippen LogP contribution in [0.25, 0.3) is 0 Å². The van der Waals surface area contributed by atoms with Gasteiger partial charge in [0.1, 0.15) is 0 Å². The van der Waals surface area contributed by atoms with Gasteiger partial charge in [-0.25, -0.2) is 5.43 Å². The van der Waals surface area contributed by atoms with E-state index in [4.69, 9.17) is 23.2 Å². The van der Waals surface area contributed by atoms with Crippen molar-refractivity contribution in [3.8, 4) is 0 Å². The summed E-state index contributed by atoms with van der Waals surface area (Å²) in [6.45, 7) is 2.97. The summed E-state index contributed by atoms with van der Waals surface area (Å²) in [5, 5.41) is 7.23. The van der Waals surface area contributed by atoms with Crippen LogP contribution in [0.5, 0.6) is 0 Å². The summed E-state index contributed by atoms with van der Waals surface area (Å²) in [5.41, 5.74) is 3.60. The molecular weight excluding hydrogens is 297 g/mol. The summed E-state index contributed by atoms with van der Waals surface area (Å²) in [4.78, 5) is 12.2. The number of amides is 1. The fourth-order valence-corrected chi connectivity index (χ4v) is 3.59. The van der Waals surface area contributed by atoms with E-state index in [9.17, 15) is 4.79 Å². The quantitative estimate of drug-likeness (QED) is 0.477. The molecule has 2 aliphatic rings. The van der Waals surface area contributed by atoms with E-state index < -0.39 is 0 Å². The summed E-state index contributed by atoms with van der Waals surface area (Å²) >= 11 is 12.4. The van der Waals surface area contributed by atoms with Crippen molar-refractivity contribution in [2.45, 2.75) is 62.2 Å². The molecule has 1 heterocycles. The Kier molecular flexibility index (Phi) is 6.12. The zero-order chi connectivity index (χ0) is 14.5. The van der Waals surface area contributed by atoms with Crippen LogP contribution in [0.4, 0.5) is 0 Å². The largest absolute Gasteiger partial charge is 0.309 e. The summed E-state index contributed by atoms with van der Waals surface area (Å²) in [6, 6.07) is 0.281. The maximum Gasteiger partial charge on any atom is 0.244 e. The minimum Gasteiger partial charge on any atom is -0.309 e. The van der Waals surface area contributed by atoms with Gasteiger partial charge in [0, 0.05) is 6.04 Å². The number of halogens is 2. The van der Waals surface area contributed by atoms with Gasteiger partial charge in [0.15, 0.2) is 0 Å². The molecule has 0 aromatic carbocycles. The number of hydrazone groups is 1. The lowest BCUT2D eigenvalue weighted by molar-refractivity contribution is -0.125. The number of hydrogen-bond donors (Lipinski definition) is 2. The molecule has 0 aromatic rings. The Morgan fingerprint density at radius 3 is 2.70 bits per heavy atom. The molecular formula is C14H23Cl2N3O. The molecule has 2 fully saturated rings. The molecule has 1 amide bonds. The maximum absolute atomic E-state index is 12.2. The lowest BCUT2D eigenvalue weighted by Crippen LogP contribution is -2.42. The number of nitrogens with zero attached hydrogens (tertiary/aromatic N) is 1. The Hall–Kier alpha value is -0.320. The molecule has 0 spiro atoms. The first kappa shape index (κ1) is 16.1. The second-order valence-corrected chi connectivity index (χ2v) is 6.79. The molecule has 0 radical (unpaired) electrons. The predicted octanol–water partition coefficient (Wildman–Crippen LogP) is 2.64. The van der Waals surface area contributed by atoms with Crippen molar-refractivity contribution in [1.29, 1.82) is 0 Å². The lowest BCUT2D eigenvalue weighted by atomic mass is 9.88. The van der Waals surface area contributed by atoms with Gasteiger partial charge in [-0.3, -0.25) is 4.79 Å². The highest BCUT2D eigenvalue weighted by atomic mass is 35.5. The van der Waals surface area contributed by atoms with E-state index in [0.29, 0.717) is 0 Å². The molecule has 2 N–H and O–H groups in total. The average molecular weight is 320 g/mol. The van der Waals surface area contributed by atoms with Gasteiger partial charge < -0.3 is 5.32 Å². The first-order valence-corrected chi connectivity index (χ1v) is 8.32. The van der Waals surface area contributed by atoms with Gasteiger partial charge in [0.2, 0.25) is 5.91 Å². The third kappa shape index (κ3) is 4.09. The zero-order valence-electron chi connectivity index (χ0n) is 11.9. The Balaban J connectivity index is 1.87. The van der Waals surface area contributed by atoms with E-state index >= 15 is 0 Å². The zero-order valence-corrected chi connectivity index (χ0v) is 13.4. The minimum atomic E-state index is -0.297. The molecule has 20 heavy (non-hydrogen) atoms. The van der Waals surface area contributed by atoms with Gasteiger partial charge in [-0.05, 0) is 39.2 Å². The SMILES string of the molecule is C/C(=N\NC(=O)C1CCCC(Cl)C1Cl)C1CCCCN1. The average Bonchev–Trinajstić information content (AvgIpc) is 2.48. The van der Waals surface area contributed by atoms with E-state index in [1.165, 1.54) is 12.8 Å². The van der Waals surface area contributed by atoms with E-state index in [1.807, 2.05) is 6.92 Å². The molecule has 2 rings (SSSR count). The van der Waals surface area contributed by atoms with Gasteiger partial charge >= 0.3 is 0 Å². The fraction of sp³-hybridized carbons (Fsp3) is 0.857. The van der Waals surface area contributed by atoms with Crippen molar-refractivity contribution >= 4 is 34.8 Å². The molecule has 0 bridgehead atoms. The summed E-state index contributed by atoms with van der Waals surface area (Å²) < 4.78 is 0. The van der Waals surface area contributed by atoms with Crippen LogP contribution < -0.4 is 10.7 Å². The van der Waals surface area contributed by atoms with Crippen LogP contribution in [0.15, 0.2) is 5.10 Å². The summed E-state index contributed by atoms with van der Waals surface area (Å²) in [6.07, 6.45) is 6.12. The van der Waals surface area contributed by atoms with Crippen LogP contribution in [-0.4, -0.2) is 35.0 Å². The van der Waals surface area contributed by atoms with Crippen molar-refractivity contribution in [2.24, 2.45) is 11.0 Å². The van der Waals surface area contributed by atoms with Crippen LogP contribution in [0.1, 0.15) is 45.4 Å². The molecule has 1 saturated heterocycles. The summed E-state index contributed by atoms with van der Waals surface area (Å²) in [5.74, 6) is -0.339. The molecule has 4 unspecified atom stereocenters. The molecule has 1 aliphatic heterocycles. The first-order chi connectivity index (χ1) is 9.59. The lowest BCUT2D eigenvalue weighted by Gasteiger charge is -2.29. The Morgan fingerprint density at radius 1 is 1.20 bits per heavy atom. The molecule has 0 aromatic heterocycles. The standard InChI is InChI=1S/C14H23Cl2N3O/c1-9(12-7-2-3-8-17-12)18-19-14(20)10-5-4-6-11(15)13(10)16/h10-13,17H,2-8H2,1H3,(H,19,20)/b18-9+. The van der Waals surface area contributed by atoms with Crippen LogP contribution in [-0.2, 0) is 4.79 Å². The van der Waals surface area contributed by atoms with E-state index in [0.717, 1.165) is 37.9 Å². The minimum absolute atomic E-state index is 0.106. The number of alkyl halides is 2. The number of rotatable bonds is 3. The van der Waals surface area contributed by atoms with Crippen molar-refractivity contribution in [2.75, 3.05) is 6.54 Å². The molecule has 4 nitrogen and oxygen atoms in total. The van der Waals surface area contributed by atoms with Crippen LogP contribution in [0.2, 0.25) is 0 Å². The predicted molar refractivity (Wildman–Crippen MR) is 83.5 cm³/mol. The normalized spacial score (nSPS) is 35.6. The van der Waals surface area contributed by atoms with E-state index in [1.54, 1.807) is 0 Å². The topological polar surface area (TPSA) is 53.5 Å². The van der Waals surface area contributed by atoms with Crippen LogP contribution in [0, 0.1) is 5.92 Å². The van der Waals surface area contributed by atoms with Crippen molar-refractivity contribution in [1.82, 2.24) is 10.7 Å². The number of hydrogen-bond acceptors (Lipinski definition) is 3. The number of piperidine rings is 1. The molecule has 1 saturated carbocycles. The Bertz CT molecular complexity index is 369. The maximum atomic E-state index is 12.2. The van der Waals surface area contributed by atoms with Crippen molar-refractivity contribution in [3.63, 3.8) is 0 Å². The van der Waals surface area contributed by atoms with Gasteiger partial charge in [-0.1, -0.05) is 12.8 Å². The summed E-state index contributed by atoms with van der Waals surface area (Å²) in [7, 11) is 0. The Labute approximate surface area is 130 Å². The number of carbonyl (C=O) groups is 1. The molecule has 1 aliphatic carbocycles. The molecule has 114 valence electrons. The third-order valence-electron chi connectivity index (χ3n) is 4.22. The van der Waals surface area contributed by atoms with Gasteiger partial charge in [0.05, 0.1) is 22.4 Å². The first-order valence-electron chi connectivity index (χ1n) is 7.45. The second kappa shape index (κ2) is 7.62. The smallest absolute Gasteiger partial charge is 0.244 e. The number of nitrogens with one attached hydrogen (secondary N) is 2. The third-order valence-corrected chi connectivity index (χ3v) is 5.45. The van der Waals surface area contributed by atoms with Gasteiger partial charge in [-0.2, -0.15) is 5.10 Å². The Morgan fingerprint density at radius 2 is 2.00 bits per heavy atom. The number of carbonyl (C=O) groups excluding carboxylic acids is 1. The van der Waals surface area contributed by atoms with Crippen LogP contribution >= 0.6 is 23.2 Å². The van der Waals surface area contributed by atoms with E-state index in [-0.39, 0.29) is 28.6 Å². The monoisotopic (exact) mass is 319 g/mol. The highest BCUT2D eigenvalue weighted by Gasteiger charge is 2.35. The van der Waals surface area contributed by atoms with Crippen LogP contribution in [0.3, 0.4) is 0 Å². The van der Waals surface area contributed by atoms with E-state index in [2.05, 4.69) is 15.8 Å². The molecule has 4 atom stereocenters. The second-order valence-electron chi connectivity index (χ2n) is 5.73.